The summed E-state index contributed by atoms with van der Waals surface area (Å²) in [5.41, 5.74) is 6.35. The first kappa shape index (κ1) is 15.4. The summed E-state index contributed by atoms with van der Waals surface area (Å²) >= 11 is 1.50. The Kier molecular flexibility index (Phi) is 5.45. The number of allylic oxidation sites excluding steroid dienone is 2. The third-order valence-corrected chi connectivity index (χ3v) is 3.93. The van der Waals surface area contributed by atoms with E-state index in [1.54, 1.807) is 12.2 Å². The van der Waals surface area contributed by atoms with Crippen LogP contribution in [0.25, 0.3) is 0 Å². The summed E-state index contributed by atoms with van der Waals surface area (Å²) in [5, 5.41) is 8.91. The minimum atomic E-state index is -1.07. The standard InChI is InChI=1S/C10H12N2O3S.K.H/c1-2-3-5-4-16-9-6(11)8(13)12(9)7(5)10(14)15;;/h2-3,6,9H,4,11H2,1H3,(H,14,15);;/q;+1;-1/b3-2-;;/t6?,9-;;/m1../s1. The van der Waals surface area contributed by atoms with Gasteiger partial charge in [-0.3, -0.25) is 9.69 Å². The van der Waals surface area contributed by atoms with E-state index in [0.717, 1.165) is 0 Å². The topological polar surface area (TPSA) is 83.6 Å². The number of hydrogen-bond acceptors (Lipinski definition) is 4. The molecule has 1 saturated heterocycles. The van der Waals surface area contributed by atoms with Crippen molar-refractivity contribution in [3.05, 3.63) is 23.4 Å². The first-order valence-electron chi connectivity index (χ1n) is 4.87. The molecule has 0 radical (unpaired) electrons. The van der Waals surface area contributed by atoms with E-state index in [-0.39, 0.29) is 69.8 Å². The predicted octanol–water partition coefficient (Wildman–Crippen LogP) is -2.74. The molecular weight excluding hydrogens is 267 g/mol. The number of aliphatic carboxylic acids is 1. The number of hydrogen-bond donors (Lipinski definition) is 2. The van der Waals surface area contributed by atoms with Crippen molar-refractivity contribution in [3.8, 4) is 0 Å². The third-order valence-electron chi connectivity index (χ3n) is 2.61. The summed E-state index contributed by atoms with van der Waals surface area (Å²) in [6, 6.07) is -0.563. The van der Waals surface area contributed by atoms with Gasteiger partial charge in [0.1, 0.15) is 17.1 Å². The van der Waals surface area contributed by atoms with Gasteiger partial charge in [-0.1, -0.05) is 12.2 Å². The van der Waals surface area contributed by atoms with Crippen molar-refractivity contribution in [2.45, 2.75) is 18.3 Å². The van der Waals surface area contributed by atoms with Crippen LogP contribution in [0.4, 0.5) is 0 Å². The van der Waals surface area contributed by atoms with E-state index in [0.29, 0.717) is 11.3 Å². The molecule has 0 aromatic heterocycles. The first-order valence-corrected chi connectivity index (χ1v) is 5.92. The molecule has 2 aliphatic rings. The average Bonchev–Trinajstić information content (AvgIpc) is 2.27. The molecule has 1 unspecified atom stereocenters. The van der Waals surface area contributed by atoms with E-state index in [1.807, 2.05) is 6.92 Å². The minimum Gasteiger partial charge on any atom is -1.00 e. The third kappa shape index (κ3) is 2.55. The van der Waals surface area contributed by atoms with Gasteiger partial charge in [-0.05, 0) is 12.5 Å². The largest absolute Gasteiger partial charge is 1.00 e. The monoisotopic (exact) mass is 280 g/mol. The Bertz CT molecular complexity index is 427. The second kappa shape index (κ2) is 6.01. The van der Waals surface area contributed by atoms with Crippen LogP contribution in [0.3, 0.4) is 0 Å². The van der Waals surface area contributed by atoms with Crippen LogP contribution >= 0.6 is 11.8 Å². The molecule has 1 amide bonds. The van der Waals surface area contributed by atoms with Crippen LogP contribution in [-0.4, -0.2) is 39.1 Å². The van der Waals surface area contributed by atoms with E-state index in [4.69, 9.17) is 10.8 Å². The number of carboxylic acids is 1. The molecule has 2 rings (SSSR count). The van der Waals surface area contributed by atoms with Gasteiger partial charge in [0.05, 0.1) is 0 Å². The summed E-state index contributed by atoms with van der Waals surface area (Å²) in [7, 11) is 0. The molecule has 0 saturated carbocycles. The van der Waals surface area contributed by atoms with Gasteiger partial charge in [0.15, 0.2) is 0 Å². The fourth-order valence-corrected chi connectivity index (χ4v) is 3.13. The van der Waals surface area contributed by atoms with Crippen molar-refractivity contribution in [1.82, 2.24) is 4.90 Å². The van der Waals surface area contributed by atoms with Crippen molar-refractivity contribution in [3.63, 3.8) is 0 Å². The molecule has 1 fully saturated rings. The van der Waals surface area contributed by atoms with Gasteiger partial charge in [0.2, 0.25) is 5.91 Å². The number of rotatable bonds is 2. The van der Waals surface area contributed by atoms with E-state index < -0.39 is 12.0 Å². The van der Waals surface area contributed by atoms with Crippen LogP contribution in [0.2, 0.25) is 0 Å². The maximum absolute atomic E-state index is 11.5. The summed E-state index contributed by atoms with van der Waals surface area (Å²) < 4.78 is 0. The minimum absolute atomic E-state index is 0. The number of thioether (sulfide) groups is 1. The van der Waals surface area contributed by atoms with Gasteiger partial charge in [-0.2, -0.15) is 0 Å². The van der Waals surface area contributed by atoms with E-state index in [9.17, 15) is 9.59 Å². The van der Waals surface area contributed by atoms with E-state index >= 15 is 0 Å². The molecule has 0 aromatic rings. The van der Waals surface area contributed by atoms with E-state index in [1.165, 1.54) is 16.7 Å². The Labute approximate surface area is 147 Å². The molecule has 0 spiro atoms. The molecule has 2 heterocycles. The van der Waals surface area contributed by atoms with Crippen LogP contribution in [0.5, 0.6) is 0 Å². The Morgan fingerprint density at radius 1 is 1.71 bits per heavy atom. The Morgan fingerprint density at radius 3 is 2.88 bits per heavy atom. The molecule has 0 bridgehead atoms. The Morgan fingerprint density at radius 2 is 2.35 bits per heavy atom. The van der Waals surface area contributed by atoms with Gasteiger partial charge < -0.3 is 12.3 Å². The molecule has 5 nitrogen and oxygen atoms in total. The molecular formula is C10H13KN2O3S. The molecule has 17 heavy (non-hydrogen) atoms. The van der Waals surface area contributed by atoms with Gasteiger partial charge in [-0.15, -0.1) is 11.8 Å². The average molecular weight is 280 g/mol. The van der Waals surface area contributed by atoms with Crippen LogP contribution in [0.1, 0.15) is 8.35 Å². The summed E-state index contributed by atoms with van der Waals surface area (Å²) in [5.74, 6) is -0.802. The van der Waals surface area contributed by atoms with E-state index in [2.05, 4.69) is 0 Å². The number of fused-ring (bicyclic) bond motifs is 1. The number of nitrogens with zero attached hydrogens (tertiary/aromatic N) is 1. The van der Waals surface area contributed by atoms with Crippen molar-refractivity contribution in [2.24, 2.45) is 5.73 Å². The fraction of sp³-hybridized carbons (Fsp3) is 0.400. The van der Waals surface area contributed by atoms with Crippen LogP contribution in [0, 0.1) is 0 Å². The summed E-state index contributed by atoms with van der Waals surface area (Å²) in [6.45, 7) is 1.81. The number of carbonyl (C=O) groups excluding carboxylic acids is 1. The SMILES string of the molecule is C/C=C\C1=C(C(=O)O)N2C(=O)C(N)[C@H]2SC1.[H-].[K+]. The number of β-lactam (4-membered cyclic amide) rings is 1. The maximum atomic E-state index is 11.5. The van der Waals surface area contributed by atoms with Gasteiger partial charge in [0.25, 0.3) is 0 Å². The molecule has 7 heteroatoms. The fourth-order valence-electron chi connectivity index (χ4n) is 1.87. The zero-order valence-corrected chi connectivity index (χ0v) is 13.7. The van der Waals surface area contributed by atoms with Crippen molar-refractivity contribution in [1.29, 1.82) is 0 Å². The van der Waals surface area contributed by atoms with Crippen molar-refractivity contribution in [2.75, 3.05) is 5.75 Å². The van der Waals surface area contributed by atoms with Crippen LogP contribution < -0.4 is 57.1 Å². The molecule has 0 aromatic carbocycles. The number of amides is 1. The maximum Gasteiger partial charge on any atom is 1.00 e. The zero-order valence-electron chi connectivity index (χ0n) is 10.7. The smallest absolute Gasteiger partial charge is 1.00 e. The first-order chi connectivity index (χ1) is 7.57. The Balaban J connectivity index is 0.00000144. The van der Waals surface area contributed by atoms with Gasteiger partial charge in [-0.25, -0.2) is 4.79 Å². The number of carbonyl (C=O) groups is 2. The quantitative estimate of drug-likeness (QED) is 0.423. The van der Waals surface area contributed by atoms with Crippen LogP contribution in [-0.2, 0) is 9.59 Å². The number of carboxylic acid groups (broad SMARTS) is 1. The van der Waals surface area contributed by atoms with Crippen molar-refractivity contribution < 1.29 is 67.5 Å². The summed E-state index contributed by atoms with van der Waals surface area (Å²) in [6.07, 6.45) is 3.49. The summed E-state index contributed by atoms with van der Waals surface area (Å²) in [4.78, 5) is 24.0. The normalized spacial score (nSPS) is 27.6. The molecule has 3 N–H and O–H groups in total. The molecule has 88 valence electrons. The second-order valence-electron chi connectivity index (χ2n) is 3.61. The van der Waals surface area contributed by atoms with Gasteiger partial charge >= 0.3 is 57.4 Å². The van der Waals surface area contributed by atoms with Crippen LogP contribution in [0.15, 0.2) is 23.4 Å². The second-order valence-corrected chi connectivity index (χ2v) is 4.72. The number of nitrogens with two attached hydrogens (primary N) is 1. The van der Waals surface area contributed by atoms with Gasteiger partial charge in [0, 0.05) is 5.75 Å². The molecule has 2 atom stereocenters. The predicted molar refractivity (Wildman–Crippen MR) is 61.7 cm³/mol. The molecule has 0 aliphatic carbocycles. The molecule has 2 aliphatic heterocycles. The van der Waals surface area contributed by atoms with Crippen molar-refractivity contribution >= 4 is 23.6 Å². The zero-order chi connectivity index (χ0) is 11.9. The Hall–Kier alpha value is 0.366.